The second-order valence-electron chi connectivity index (χ2n) is 5.30. The van der Waals surface area contributed by atoms with Crippen LogP contribution >= 0.6 is 0 Å². The van der Waals surface area contributed by atoms with Crippen molar-refractivity contribution in [3.05, 3.63) is 0 Å². The van der Waals surface area contributed by atoms with Crippen LogP contribution in [-0.2, 0) is 9.59 Å². The van der Waals surface area contributed by atoms with Crippen LogP contribution in [-0.4, -0.2) is 34.5 Å². The van der Waals surface area contributed by atoms with Crippen LogP contribution in [0.2, 0.25) is 0 Å². The number of rotatable bonds is 7. The summed E-state index contributed by atoms with van der Waals surface area (Å²) in [5.41, 5.74) is 0. The zero-order valence-electron chi connectivity index (χ0n) is 11.5. The van der Waals surface area contributed by atoms with Gasteiger partial charge in [0.25, 0.3) is 0 Å². The Kier molecular flexibility index (Phi) is 6.16. The second kappa shape index (κ2) is 7.39. The Morgan fingerprint density at radius 1 is 1.22 bits per heavy atom. The molecule has 1 heterocycles. The highest BCUT2D eigenvalue weighted by atomic mass is 16.4. The van der Waals surface area contributed by atoms with Gasteiger partial charge >= 0.3 is 5.97 Å². The molecule has 0 spiro atoms. The first-order valence-electron chi connectivity index (χ1n) is 7.10. The minimum Gasteiger partial charge on any atom is -0.480 e. The molecule has 2 atom stereocenters. The number of unbranched alkanes of at least 4 members (excludes halogenated alkanes) is 4. The monoisotopic (exact) mass is 255 g/mol. The third-order valence-corrected chi connectivity index (χ3v) is 3.77. The maximum absolute atomic E-state index is 12.0. The molecule has 4 nitrogen and oxygen atoms in total. The van der Waals surface area contributed by atoms with Gasteiger partial charge in [-0.1, -0.05) is 39.5 Å². The van der Waals surface area contributed by atoms with Crippen LogP contribution in [0.3, 0.4) is 0 Å². The maximum atomic E-state index is 12.0. The fourth-order valence-corrected chi connectivity index (χ4v) is 2.63. The normalized spacial score (nSPS) is 23.3. The summed E-state index contributed by atoms with van der Waals surface area (Å²) < 4.78 is 0. The molecule has 104 valence electrons. The summed E-state index contributed by atoms with van der Waals surface area (Å²) in [5.74, 6) is -0.769. The summed E-state index contributed by atoms with van der Waals surface area (Å²) in [6.07, 6.45) is 6.84. The number of carboxylic acid groups (broad SMARTS) is 1. The summed E-state index contributed by atoms with van der Waals surface area (Å²) in [5, 5.41) is 9.15. The zero-order valence-corrected chi connectivity index (χ0v) is 11.5. The van der Waals surface area contributed by atoms with E-state index in [-0.39, 0.29) is 11.8 Å². The van der Waals surface area contributed by atoms with E-state index in [4.69, 9.17) is 5.11 Å². The lowest BCUT2D eigenvalue weighted by atomic mass is 10.0. The topological polar surface area (TPSA) is 57.6 Å². The van der Waals surface area contributed by atoms with Gasteiger partial charge in [0.2, 0.25) is 5.91 Å². The standard InChI is InChI=1S/C14H25NO3/c1-3-4-5-6-7-8-12(16)15-10-9-11(2)13(15)14(17)18/h11,13H,3-10H2,1-2H3,(H,17,18). The summed E-state index contributed by atoms with van der Waals surface area (Å²) in [6.45, 7) is 4.67. The Morgan fingerprint density at radius 3 is 2.50 bits per heavy atom. The van der Waals surface area contributed by atoms with Crippen molar-refractivity contribution in [2.45, 2.75) is 64.8 Å². The van der Waals surface area contributed by atoms with Crippen LogP contribution in [0.4, 0.5) is 0 Å². The number of hydrogen-bond donors (Lipinski definition) is 1. The smallest absolute Gasteiger partial charge is 0.326 e. The molecule has 18 heavy (non-hydrogen) atoms. The average molecular weight is 255 g/mol. The van der Waals surface area contributed by atoms with Gasteiger partial charge in [-0.15, -0.1) is 0 Å². The lowest BCUT2D eigenvalue weighted by Crippen LogP contribution is -2.42. The molecule has 0 aromatic carbocycles. The Hall–Kier alpha value is -1.06. The van der Waals surface area contributed by atoms with Gasteiger partial charge in [0.1, 0.15) is 6.04 Å². The van der Waals surface area contributed by atoms with Crippen LogP contribution in [0, 0.1) is 5.92 Å². The molecule has 1 rings (SSSR count). The third-order valence-electron chi connectivity index (χ3n) is 3.77. The van der Waals surface area contributed by atoms with Crippen molar-refractivity contribution in [1.82, 2.24) is 4.90 Å². The number of aliphatic carboxylic acids is 1. The van der Waals surface area contributed by atoms with E-state index in [1.165, 1.54) is 19.3 Å². The molecule has 1 fully saturated rings. The summed E-state index contributed by atoms with van der Waals surface area (Å²) in [7, 11) is 0. The van der Waals surface area contributed by atoms with E-state index in [9.17, 15) is 9.59 Å². The van der Waals surface area contributed by atoms with Gasteiger partial charge in [-0.3, -0.25) is 4.79 Å². The lowest BCUT2D eigenvalue weighted by Gasteiger charge is -2.23. The van der Waals surface area contributed by atoms with Gasteiger partial charge in [0.05, 0.1) is 0 Å². The highest BCUT2D eigenvalue weighted by Gasteiger charge is 2.38. The van der Waals surface area contributed by atoms with Crippen molar-refractivity contribution < 1.29 is 14.7 Å². The SMILES string of the molecule is CCCCCCCC(=O)N1CCC(C)C1C(=O)O. The molecule has 1 aliphatic heterocycles. The zero-order chi connectivity index (χ0) is 13.5. The van der Waals surface area contributed by atoms with E-state index >= 15 is 0 Å². The van der Waals surface area contributed by atoms with E-state index in [1.54, 1.807) is 4.90 Å². The largest absolute Gasteiger partial charge is 0.480 e. The predicted octanol–water partition coefficient (Wildman–Crippen LogP) is 2.67. The van der Waals surface area contributed by atoms with Crippen LogP contribution < -0.4 is 0 Å². The van der Waals surface area contributed by atoms with Gasteiger partial charge in [0, 0.05) is 13.0 Å². The van der Waals surface area contributed by atoms with Gasteiger partial charge in [-0.25, -0.2) is 4.79 Å². The van der Waals surface area contributed by atoms with E-state index < -0.39 is 12.0 Å². The minimum absolute atomic E-state index is 0.0169. The minimum atomic E-state index is -0.862. The molecular weight excluding hydrogens is 230 g/mol. The van der Waals surface area contributed by atoms with Crippen LogP contribution in [0.1, 0.15) is 58.8 Å². The molecule has 4 heteroatoms. The van der Waals surface area contributed by atoms with E-state index in [1.807, 2.05) is 6.92 Å². The average Bonchev–Trinajstić information content (AvgIpc) is 2.70. The van der Waals surface area contributed by atoms with Crippen LogP contribution in [0.25, 0.3) is 0 Å². The first kappa shape index (κ1) is 15.0. The number of likely N-dealkylation sites (tertiary alicyclic amines) is 1. The van der Waals surface area contributed by atoms with Gasteiger partial charge in [-0.05, 0) is 18.8 Å². The molecular formula is C14H25NO3. The van der Waals surface area contributed by atoms with Gasteiger partial charge in [0.15, 0.2) is 0 Å². The summed E-state index contributed by atoms with van der Waals surface area (Å²) in [4.78, 5) is 24.7. The molecule has 1 N–H and O–H groups in total. The quantitative estimate of drug-likeness (QED) is 0.711. The van der Waals surface area contributed by atoms with Crippen LogP contribution in [0.5, 0.6) is 0 Å². The molecule has 1 saturated heterocycles. The number of nitrogens with zero attached hydrogens (tertiary/aromatic N) is 1. The van der Waals surface area contributed by atoms with Gasteiger partial charge < -0.3 is 10.0 Å². The molecule has 1 amide bonds. The molecule has 0 bridgehead atoms. The first-order valence-corrected chi connectivity index (χ1v) is 7.10. The number of carboxylic acids is 1. The Balaban J connectivity index is 2.34. The molecule has 0 aliphatic carbocycles. The molecule has 1 aliphatic rings. The maximum Gasteiger partial charge on any atom is 0.326 e. The van der Waals surface area contributed by atoms with Crippen LogP contribution in [0.15, 0.2) is 0 Å². The lowest BCUT2D eigenvalue weighted by molar-refractivity contribution is -0.149. The third kappa shape index (κ3) is 4.00. The first-order chi connectivity index (χ1) is 8.57. The van der Waals surface area contributed by atoms with E-state index in [0.717, 1.165) is 19.3 Å². The van der Waals surface area contributed by atoms with Crippen molar-refractivity contribution in [2.75, 3.05) is 6.54 Å². The van der Waals surface area contributed by atoms with Crippen molar-refractivity contribution >= 4 is 11.9 Å². The highest BCUT2D eigenvalue weighted by molar-refractivity contribution is 5.84. The number of hydrogen-bond acceptors (Lipinski definition) is 2. The number of carbonyl (C=O) groups is 2. The summed E-state index contributed by atoms with van der Waals surface area (Å²) in [6, 6.07) is -0.604. The molecule has 0 aromatic rings. The second-order valence-corrected chi connectivity index (χ2v) is 5.30. The van der Waals surface area contributed by atoms with Crippen molar-refractivity contribution in [3.8, 4) is 0 Å². The Morgan fingerprint density at radius 2 is 1.89 bits per heavy atom. The molecule has 0 aromatic heterocycles. The fourth-order valence-electron chi connectivity index (χ4n) is 2.63. The Bertz CT molecular complexity index is 291. The highest BCUT2D eigenvalue weighted by Crippen LogP contribution is 2.25. The van der Waals surface area contributed by atoms with Crippen molar-refractivity contribution in [2.24, 2.45) is 5.92 Å². The van der Waals surface area contributed by atoms with Gasteiger partial charge in [-0.2, -0.15) is 0 Å². The molecule has 2 unspecified atom stereocenters. The molecule has 0 radical (unpaired) electrons. The number of carbonyl (C=O) groups excluding carboxylic acids is 1. The van der Waals surface area contributed by atoms with E-state index in [2.05, 4.69) is 6.92 Å². The fraction of sp³-hybridized carbons (Fsp3) is 0.857. The van der Waals surface area contributed by atoms with Crippen molar-refractivity contribution in [1.29, 1.82) is 0 Å². The van der Waals surface area contributed by atoms with E-state index in [0.29, 0.717) is 13.0 Å². The summed E-state index contributed by atoms with van der Waals surface area (Å²) >= 11 is 0. The molecule has 0 saturated carbocycles. The van der Waals surface area contributed by atoms with Crippen molar-refractivity contribution in [3.63, 3.8) is 0 Å². The predicted molar refractivity (Wildman–Crippen MR) is 70.3 cm³/mol. The number of amides is 1. The Labute approximate surface area is 109 Å².